The summed E-state index contributed by atoms with van der Waals surface area (Å²) in [5.74, 6) is 4.85. The van der Waals surface area contributed by atoms with Gasteiger partial charge in [0.25, 0.3) is 0 Å². The lowest BCUT2D eigenvalue weighted by Gasteiger charge is -2.22. The van der Waals surface area contributed by atoms with Crippen LogP contribution in [0.4, 0.5) is 0 Å². The van der Waals surface area contributed by atoms with Gasteiger partial charge in [0.15, 0.2) is 0 Å². The Kier molecular flexibility index (Phi) is 7.67. The summed E-state index contributed by atoms with van der Waals surface area (Å²) in [6.45, 7) is 1.38. The molecule has 2 aromatic rings. The largest absolute Gasteiger partial charge is 0.463 e. The van der Waals surface area contributed by atoms with E-state index in [0.29, 0.717) is 12.0 Å². The molecule has 148 valence electrons. The number of hydrogen-bond acceptors (Lipinski definition) is 6. The van der Waals surface area contributed by atoms with Gasteiger partial charge < -0.3 is 15.8 Å². The number of amides is 2. The number of esters is 1. The van der Waals surface area contributed by atoms with Gasteiger partial charge in [-0.05, 0) is 16.7 Å². The highest BCUT2D eigenvalue weighted by molar-refractivity contribution is 5.74. The molecule has 0 radical (unpaired) electrons. The number of hydrazine groups is 1. The zero-order chi connectivity index (χ0) is 20.5. The van der Waals surface area contributed by atoms with Gasteiger partial charge in [-0.1, -0.05) is 54.6 Å². The van der Waals surface area contributed by atoms with Gasteiger partial charge in [0.05, 0.1) is 12.5 Å². The SMILES string of the molecule is CC(=O)NC(COC(=O)Cc1ccccc1)c1ccc(C(N)N(N)C=O)cc1. The van der Waals surface area contributed by atoms with Crippen LogP contribution in [-0.2, 0) is 25.5 Å². The summed E-state index contributed by atoms with van der Waals surface area (Å²) in [5, 5.41) is 3.61. The van der Waals surface area contributed by atoms with Crippen LogP contribution in [-0.4, -0.2) is 29.9 Å². The van der Waals surface area contributed by atoms with Gasteiger partial charge in [-0.2, -0.15) is 0 Å². The number of nitrogens with zero attached hydrogens (tertiary/aromatic N) is 1. The fraction of sp³-hybridized carbons (Fsp3) is 0.250. The molecule has 2 atom stereocenters. The van der Waals surface area contributed by atoms with E-state index in [4.69, 9.17) is 16.3 Å². The minimum atomic E-state index is -0.783. The highest BCUT2D eigenvalue weighted by Crippen LogP contribution is 2.18. The topological polar surface area (TPSA) is 128 Å². The number of ether oxygens (including phenoxy) is 1. The van der Waals surface area contributed by atoms with Gasteiger partial charge in [0.2, 0.25) is 12.3 Å². The standard InChI is InChI=1S/C20H24N4O4/c1-14(26)23-18(12-28-19(27)11-15-5-3-2-4-6-15)16-7-9-17(10-8-16)20(21)24(22)13-25/h2-10,13,18,20H,11-12,21-22H2,1H3,(H,23,26). The second-order valence-electron chi connectivity index (χ2n) is 6.26. The van der Waals surface area contributed by atoms with Crippen LogP contribution in [0.15, 0.2) is 54.6 Å². The van der Waals surface area contributed by atoms with Crippen molar-refractivity contribution in [2.75, 3.05) is 6.61 Å². The van der Waals surface area contributed by atoms with E-state index in [1.165, 1.54) is 6.92 Å². The summed E-state index contributed by atoms with van der Waals surface area (Å²) in [4.78, 5) is 34.3. The highest BCUT2D eigenvalue weighted by Gasteiger charge is 2.17. The Hall–Kier alpha value is -3.23. The first-order valence-corrected chi connectivity index (χ1v) is 8.71. The first kappa shape index (κ1) is 21.1. The summed E-state index contributed by atoms with van der Waals surface area (Å²) in [5.41, 5.74) is 8.06. The van der Waals surface area contributed by atoms with Crippen molar-refractivity contribution in [3.05, 3.63) is 71.3 Å². The van der Waals surface area contributed by atoms with E-state index in [1.54, 1.807) is 24.3 Å². The van der Waals surface area contributed by atoms with Crippen LogP contribution in [0.3, 0.4) is 0 Å². The predicted octanol–water partition coefficient (Wildman–Crippen LogP) is 0.939. The van der Waals surface area contributed by atoms with Gasteiger partial charge in [-0.3, -0.25) is 19.4 Å². The van der Waals surface area contributed by atoms with Crippen LogP contribution >= 0.6 is 0 Å². The monoisotopic (exact) mass is 384 g/mol. The molecule has 2 amide bonds. The third-order valence-electron chi connectivity index (χ3n) is 4.10. The Labute approximate surface area is 163 Å². The maximum absolute atomic E-state index is 12.1. The average Bonchev–Trinajstić information content (AvgIpc) is 2.70. The molecule has 5 N–H and O–H groups in total. The maximum Gasteiger partial charge on any atom is 0.310 e. The van der Waals surface area contributed by atoms with Crippen molar-refractivity contribution < 1.29 is 19.1 Å². The number of carbonyl (C=O) groups excluding carboxylic acids is 3. The van der Waals surface area contributed by atoms with Crippen LogP contribution in [0.25, 0.3) is 0 Å². The van der Waals surface area contributed by atoms with Crippen molar-refractivity contribution in [3.8, 4) is 0 Å². The molecular formula is C20H24N4O4. The van der Waals surface area contributed by atoms with Crippen LogP contribution in [0.2, 0.25) is 0 Å². The molecule has 8 heteroatoms. The fourth-order valence-electron chi connectivity index (χ4n) is 2.62. The molecule has 0 saturated heterocycles. The van der Waals surface area contributed by atoms with Gasteiger partial charge in [-0.15, -0.1) is 0 Å². The number of carbonyl (C=O) groups is 3. The fourth-order valence-corrected chi connectivity index (χ4v) is 2.62. The lowest BCUT2D eigenvalue weighted by Crippen LogP contribution is -2.38. The Morgan fingerprint density at radius 2 is 1.71 bits per heavy atom. The lowest BCUT2D eigenvalue weighted by molar-refractivity contribution is -0.144. The quantitative estimate of drug-likeness (QED) is 0.147. The second kappa shape index (κ2) is 10.2. The van der Waals surface area contributed by atoms with E-state index in [0.717, 1.165) is 16.1 Å². The molecule has 2 aromatic carbocycles. The second-order valence-corrected chi connectivity index (χ2v) is 6.26. The van der Waals surface area contributed by atoms with E-state index >= 15 is 0 Å². The molecule has 0 bridgehead atoms. The number of rotatable bonds is 9. The van der Waals surface area contributed by atoms with Crippen molar-refractivity contribution >= 4 is 18.3 Å². The lowest BCUT2D eigenvalue weighted by atomic mass is 10.0. The molecule has 0 fully saturated rings. The van der Waals surface area contributed by atoms with Crippen LogP contribution < -0.4 is 16.9 Å². The molecule has 0 aromatic heterocycles. The number of hydrogen-bond donors (Lipinski definition) is 3. The minimum Gasteiger partial charge on any atom is -0.463 e. The average molecular weight is 384 g/mol. The zero-order valence-electron chi connectivity index (χ0n) is 15.6. The van der Waals surface area contributed by atoms with E-state index in [9.17, 15) is 14.4 Å². The molecule has 2 rings (SSSR count). The van der Waals surface area contributed by atoms with Crippen molar-refractivity contribution in [2.45, 2.75) is 25.6 Å². The highest BCUT2D eigenvalue weighted by atomic mass is 16.5. The number of benzene rings is 2. The predicted molar refractivity (Wildman–Crippen MR) is 103 cm³/mol. The van der Waals surface area contributed by atoms with Crippen molar-refractivity contribution in [2.24, 2.45) is 11.6 Å². The molecular weight excluding hydrogens is 360 g/mol. The number of nitrogens with one attached hydrogen (secondary N) is 1. The molecule has 0 heterocycles. The van der Waals surface area contributed by atoms with Crippen molar-refractivity contribution in [1.82, 2.24) is 10.3 Å². The summed E-state index contributed by atoms with van der Waals surface area (Å²) < 4.78 is 5.34. The Balaban J connectivity index is 2.03. The summed E-state index contributed by atoms with van der Waals surface area (Å²) in [7, 11) is 0. The Morgan fingerprint density at radius 1 is 1.11 bits per heavy atom. The summed E-state index contributed by atoms with van der Waals surface area (Å²) >= 11 is 0. The first-order chi connectivity index (χ1) is 13.4. The Morgan fingerprint density at radius 3 is 2.29 bits per heavy atom. The third kappa shape index (κ3) is 6.19. The molecule has 0 aliphatic heterocycles. The molecule has 0 aliphatic rings. The van der Waals surface area contributed by atoms with E-state index < -0.39 is 12.2 Å². The molecule has 28 heavy (non-hydrogen) atoms. The van der Waals surface area contributed by atoms with Gasteiger partial charge in [-0.25, -0.2) is 5.84 Å². The van der Waals surface area contributed by atoms with Crippen LogP contribution in [0.1, 0.15) is 35.8 Å². The zero-order valence-corrected chi connectivity index (χ0v) is 15.6. The van der Waals surface area contributed by atoms with Crippen LogP contribution in [0.5, 0.6) is 0 Å². The first-order valence-electron chi connectivity index (χ1n) is 8.71. The van der Waals surface area contributed by atoms with Crippen LogP contribution in [0, 0.1) is 0 Å². The van der Waals surface area contributed by atoms with Crippen molar-refractivity contribution in [3.63, 3.8) is 0 Å². The van der Waals surface area contributed by atoms with E-state index in [-0.39, 0.29) is 24.9 Å². The number of nitrogens with two attached hydrogens (primary N) is 2. The molecule has 8 nitrogen and oxygen atoms in total. The van der Waals surface area contributed by atoms with E-state index in [1.807, 2.05) is 30.3 Å². The molecule has 0 saturated carbocycles. The molecule has 0 aliphatic carbocycles. The van der Waals surface area contributed by atoms with Gasteiger partial charge in [0.1, 0.15) is 12.8 Å². The van der Waals surface area contributed by atoms with Gasteiger partial charge in [0, 0.05) is 6.92 Å². The van der Waals surface area contributed by atoms with Gasteiger partial charge >= 0.3 is 5.97 Å². The minimum absolute atomic E-state index is 0.00595. The summed E-state index contributed by atoms with van der Waals surface area (Å²) in [6, 6.07) is 15.6. The molecule has 0 spiro atoms. The van der Waals surface area contributed by atoms with Crippen molar-refractivity contribution in [1.29, 1.82) is 0 Å². The summed E-state index contributed by atoms with van der Waals surface area (Å²) in [6.07, 6.45) is -0.195. The smallest absolute Gasteiger partial charge is 0.310 e. The third-order valence-corrected chi connectivity index (χ3v) is 4.10. The maximum atomic E-state index is 12.1. The Bertz CT molecular complexity index is 796. The normalized spacial score (nSPS) is 12.5. The molecule has 2 unspecified atom stereocenters. The van der Waals surface area contributed by atoms with E-state index in [2.05, 4.69) is 5.32 Å².